The lowest BCUT2D eigenvalue weighted by Gasteiger charge is -2.45. The third-order valence-electron chi connectivity index (χ3n) is 12.2. The van der Waals surface area contributed by atoms with E-state index in [1.165, 1.54) is 149 Å². The molecule has 1 N–H and O–H groups in total. The summed E-state index contributed by atoms with van der Waals surface area (Å²) in [6.45, 7) is 7.07. The number of hydrogen-bond donors (Lipinski definition) is 1. The van der Waals surface area contributed by atoms with Gasteiger partial charge in [-0.05, 0) is 26.7 Å². The Morgan fingerprint density at radius 1 is 0.509 bits per heavy atom. The summed E-state index contributed by atoms with van der Waals surface area (Å²) in [5.74, 6) is 0. The van der Waals surface area contributed by atoms with Crippen molar-refractivity contribution in [2.45, 2.75) is 256 Å². The van der Waals surface area contributed by atoms with Crippen LogP contribution in [0.5, 0.6) is 0 Å². The van der Waals surface area contributed by atoms with Gasteiger partial charge in [-0.15, -0.1) is 11.6 Å². The fourth-order valence-corrected chi connectivity index (χ4v) is 11.4. The summed E-state index contributed by atoms with van der Waals surface area (Å²) in [5, 5.41) is 24.9. The molecule has 9 nitrogen and oxygen atoms in total. The zero-order valence-electron chi connectivity index (χ0n) is 35.6. The van der Waals surface area contributed by atoms with E-state index in [2.05, 4.69) is 13.8 Å². The van der Waals surface area contributed by atoms with Gasteiger partial charge in [0.2, 0.25) is 0 Å². The molecule has 0 amide bonds. The van der Waals surface area contributed by atoms with E-state index in [0.717, 1.165) is 44.9 Å². The molecule has 322 valence electrons. The van der Waals surface area contributed by atoms with Crippen LogP contribution in [0.4, 0.5) is 0 Å². The summed E-state index contributed by atoms with van der Waals surface area (Å²) in [6, 6.07) is 0. The van der Waals surface area contributed by atoms with Crippen molar-refractivity contribution >= 4 is 21.7 Å². The minimum Gasteiger partial charge on any atom is -0.285 e. The third-order valence-corrected chi connectivity index (χ3v) is 14.8. The number of rotatable bonds is 37. The second-order valence-corrected chi connectivity index (χ2v) is 19.0. The summed E-state index contributed by atoms with van der Waals surface area (Å²) < 4.78 is 35.6. The van der Waals surface area contributed by atoms with Gasteiger partial charge < -0.3 is 0 Å². The summed E-state index contributed by atoms with van der Waals surface area (Å²) in [6.07, 6.45) is 36.1. The van der Waals surface area contributed by atoms with Gasteiger partial charge in [-0.3, -0.25) is 24.8 Å². The van der Waals surface area contributed by atoms with E-state index in [1.54, 1.807) is 0 Å². The molecule has 0 saturated heterocycles. The zero-order valence-corrected chi connectivity index (χ0v) is 37.2. The molecule has 0 bridgehead atoms. The van der Waals surface area contributed by atoms with Crippen molar-refractivity contribution in [1.29, 1.82) is 0 Å². The van der Waals surface area contributed by atoms with Crippen LogP contribution in [0.1, 0.15) is 246 Å². The molecule has 1 aliphatic rings. The smallest absolute Gasteiger partial charge is 0.279 e. The van der Waals surface area contributed by atoms with Crippen LogP contribution in [0.15, 0.2) is 22.5 Å². The molecule has 55 heavy (non-hydrogen) atoms. The highest BCUT2D eigenvalue weighted by Gasteiger charge is 2.70. The zero-order chi connectivity index (χ0) is 41.0. The van der Waals surface area contributed by atoms with E-state index in [1.807, 2.05) is 0 Å². The lowest BCUT2D eigenvalue weighted by molar-refractivity contribution is -0.445. The molecular weight excluding hydrogens is 736 g/mol. The number of unbranched alkanes of at least 4 members (excludes halogenated alkanes) is 30. The van der Waals surface area contributed by atoms with Crippen molar-refractivity contribution in [2.75, 3.05) is 0 Å². The van der Waals surface area contributed by atoms with E-state index in [4.69, 9.17) is 11.6 Å². The normalized spacial score (nSPS) is 19.1. The van der Waals surface area contributed by atoms with Crippen molar-refractivity contribution in [3.05, 3.63) is 42.8 Å². The van der Waals surface area contributed by atoms with Crippen LogP contribution in [0.3, 0.4) is 0 Å². The summed E-state index contributed by atoms with van der Waals surface area (Å²) in [7, 11) is -5.13. The Hall–Kier alpha value is -1.52. The molecule has 0 saturated carbocycles. The summed E-state index contributed by atoms with van der Waals surface area (Å²) >= 11 is 7.24. The highest BCUT2D eigenvalue weighted by Crippen LogP contribution is 2.57. The van der Waals surface area contributed by atoms with E-state index >= 15 is 0 Å². The van der Waals surface area contributed by atoms with E-state index < -0.39 is 41.0 Å². The predicted molar refractivity (Wildman–Crippen MR) is 231 cm³/mol. The number of nitrogens with zero attached hydrogens (tertiary/aromatic N) is 2. The van der Waals surface area contributed by atoms with Gasteiger partial charge in [0.05, 0.1) is 9.85 Å². The SMILES string of the molecule is CCCCCCCCCCCCCCCCCCC1(Cl)C([N+](=O)[O-])=C(C)C([N+](=O)[O-])=C(C)C1(CCCCCCCCCCCCCCCCCC)S(=O)(=O)O. The molecule has 1 rings (SSSR count). The molecule has 0 aromatic rings. The van der Waals surface area contributed by atoms with E-state index in [9.17, 15) is 33.2 Å². The molecule has 0 spiro atoms. The molecule has 0 heterocycles. The quantitative estimate of drug-likeness (QED) is 0.0216. The van der Waals surface area contributed by atoms with E-state index in [0.29, 0.717) is 25.7 Å². The average Bonchev–Trinajstić information content (AvgIpc) is 3.11. The molecule has 0 aliphatic heterocycles. The largest absolute Gasteiger partial charge is 0.285 e. The Labute approximate surface area is 341 Å². The Morgan fingerprint density at radius 3 is 1.04 bits per heavy atom. The minimum absolute atomic E-state index is 0.0817. The maximum absolute atomic E-state index is 13.5. The third kappa shape index (κ3) is 17.9. The van der Waals surface area contributed by atoms with E-state index in [-0.39, 0.29) is 24.0 Å². The first-order valence-electron chi connectivity index (χ1n) is 22.7. The van der Waals surface area contributed by atoms with Crippen LogP contribution in [0, 0.1) is 20.2 Å². The molecule has 1 aliphatic carbocycles. The topological polar surface area (TPSA) is 141 Å². The number of nitro groups is 2. The van der Waals surface area contributed by atoms with Crippen LogP contribution >= 0.6 is 11.6 Å². The van der Waals surface area contributed by atoms with Crippen molar-refractivity contribution in [2.24, 2.45) is 0 Å². The Morgan fingerprint density at radius 2 is 0.782 bits per heavy atom. The first kappa shape index (κ1) is 51.5. The maximum atomic E-state index is 13.5. The van der Waals surface area contributed by atoms with Crippen molar-refractivity contribution < 1.29 is 22.8 Å². The van der Waals surface area contributed by atoms with Gasteiger partial charge in [-0.2, -0.15) is 8.42 Å². The Bertz CT molecular complexity index is 1250. The van der Waals surface area contributed by atoms with Crippen molar-refractivity contribution in [3.63, 3.8) is 0 Å². The molecule has 0 radical (unpaired) electrons. The lowest BCUT2D eigenvalue weighted by atomic mass is 9.70. The molecule has 0 aromatic carbocycles. The van der Waals surface area contributed by atoms with Gasteiger partial charge in [-0.1, -0.05) is 219 Å². The number of hydrogen-bond acceptors (Lipinski definition) is 6. The van der Waals surface area contributed by atoms with Gasteiger partial charge in [0, 0.05) is 5.57 Å². The number of alkyl halides is 1. The second kappa shape index (κ2) is 29.7. The van der Waals surface area contributed by atoms with Gasteiger partial charge in [0.1, 0.15) is 5.57 Å². The summed E-state index contributed by atoms with van der Waals surface area (Å²) in [4.78, 5) is 21.2. The minimum atomic E-state index is -5.13. The molecular formula is C44H81ClN2O7S. The summed E-state index contributed by atoms with van der Waals surface area (Å²) in [5.41, 5.74) is -1.77. The average molecular weight is 818 g/mol. The predicted octanol–water partition coefficient (Wildman–Crippen LogP) is 15.0. The molecule has 2 atom stereocenters. The van der Waals surface area contributed by atoms with Crippen LogP contribution in [-0.2, 0) is 10.1 Å². The molecule has 2 unspecified atom stereocenters. The monoisotopic (exact) mass is 817 g/mol. The first-order valence-corrected chi connectivity index (χ1v) is 24.5. The van der Waals surface area contributed by atoms with Crippen molar-refractivity contribution in [1.82, 2.24) is 0 Å². The van der Waals surface area contributed by atoms with Gasteiger partial charge in [-0.25, -0.2) is 0 Å². The number of halogens is 1. The van der Waals surface area contributed by atoms with Gasteiger partial charge in [0.25, 0.3) is 21.5 Å². The first-order chi connectivity index (χ1) is 26.3. The maximum Gasteiger partial charge on any atom is 0.279 e. The Balaban J connectivity index is 2.73. The highest BCUT2D eigenvalue weighted by molar-refractivity contribution is 7.87. The standard InChI is InChI=1S/C44H81ClN2O7S/c1-5-7-9-11-13-15-17-19-21-23-25-27-29-31-33-35-37-43(45)42(47(50)51)39(3)41(46(48)49)40(4)44(43,55(52,53)54)38-36-34-32-30-28-26-24-22-20-18-16-14-12-10-8-6-2/h5-38H2,1-4H3,(H,52,53,54). The van der Waals surface area contributed by atoms with Crippen LogP contribution in [0.2, 0.25) is 0 Å². The molecule has 0 fully saturated rings. The molecule has 11 heteroatoms. The van der Waals surface area contributed by atoms with Crippen LogP contribution in [-0.4, -0.2) is 32.4 Å². The molecule has 0 aromatic heterocycles. The highest BCUT2D eigenvalue weighted by atomic mass is 35.5. The van der Waals surface area contributed by atoms with Gasteiger partial charge in [0.15, 0.2) is 9.62 Å². The van der Waals surface area contributed by atoms with Crippen molar-refractivity contribution in [3.8, 4) is 0 Å². The second-order valence-electron chi connectivity index (χ2n) is 16.7. The lowest BCUT2D eigenvalue weighted by Crippen LogP contribution is -2.61. The fraction of sp³-hybridized carbons (Fsp3) is 0.909. The number of allylic oxidation sites excluding steroid dienone is 2. The Kier molecular flexibility index (Phi) is 27.8. The fourth-order valence-electron chi connectivity index (χ4n) is 9.00. The van der Waals surface area contributed by atoms with Crippen LogP contribution < -0.4 is 0 Å². The van der Waals surface area contributed by atoms with Crippen LogP contribution in [0.25, 0.3) is 0 Å². The van der Waals surface area contributed by atoms with Gasteiger partial charge >= 0.3 is 0 Å².